The van der Waals surface area contributed by atoms with E-state index in [-0.39, 0.29) is 0 Å². The quantitative estimate of drug-likeness (QED) is 0.470. The summed E-state index contributed by atoms with van der Waals surface area (Å²) >= 11 is 11.6. The number of thiol groups is 1. The predicted octanol–water partition coefficient (Wildman–Crippen LogP) is 3.38. The van der Waals surface area contributed by atoms with Crippen molar-refractivity contribution in [1.29, 1.82) is 0 Å². The number of hydrogen-bond donors (Lipinski definition) is 1. The standard InChI is InChI=1S/C10H13ClOS2/c11-9-1-3-10(4-2-9)14-8-6-12-5-7-13/h1-4,13H,5-8H2. The molecule has 0 spiro atoms. The highest BCUT2D eigenvalue weighted by molar-refractivity contribution is 7.99. The highest BCUT2D eigenvalue weighted by Crippen LogP contribution is 2.19. The molecule has 0 aliphatic heterocycles. The Labute approximate surface area is 99.6 Å². The minimum atomic E-state index is 0.726. The Bertz CT molecular complexity index is 251. The number of halogens is 1. The monoisotopic (exact) mass is 248 g/mol. The van der Waals surface area contributed by atoms with Crippen LogP contribution in [0.15, 0.2) is 29.2 Å². The Hall–Kier alpha value is 0.170. The molecule has 0 heterocycles. The lowest BCUT2D eigenvalue weighted by atomic mass is 10.4. The van der Waals surface area contributed by atoms with Crippen LogP contribution in [-0.2, 0) is 4.74 Å². The van der Waals surface area contributed by atoms with E-state index < -0.39 is 0 Å². The van der Waals surface area contributed by atoms with Gasteiger partial charge in [0.15, 0.2) is 0 Å². The van der Waals surface area contributed by atoms with E-state index in [0.717, 1.165) is 29.7 Å². The smallest absolute Gasteiger partial charge is 0.0560 e. The molecule has 1 aromatic rings. The Morgan fingerprint density at radius 2 is 1.93 bits per heavy atom. The summed E-state index contributed by atoms with van der Waals surface area (Å²) in [5.41, 5.74) is 0. The summed E-state index contributed by atoms with van der Waals surface area (Å²) in [4.78, 5) is 1.23. The van der Waals surface area contributed by atoms with E-state index >= 15 is 0 Å². The number of benzene rings is 1. The fourth-order valence-electron chi connectivity index (χ4n) is 0.916. The van der Waals surface area contributed by atoms with Crippen molar-refractivity contribution in [3.05, 3.63) is 29.3 Å². The Morgan fingerprint density at radius 1 is 1.21 bits per heavy atom. The molecule has 0 aliphatic rings. The van der Waals surface area contributed by atoms with Gasteiger partial charge in [-0.1, -0.05) is 11.6 Å². The second-order valence-electron chi connectivity index (χ2n) is 2.64. The summed E-state index contributed by atoms with van der Waals surface area (Å²) in [5.74, 6) is 1.75. The van der Waals surface area contributed by atoms with Crippen molar-refractivity contribution in [3.8, 4) is 0 Å². The van der Waals surface area contributed by atoms with Gasteiger partial charge in [-0.25, -0.2) is 0 Å². The van der Waals surface area contributed by atoms with Crippen LogP contribution in [-0.4, -0.2) is 24.7 Å². The summed E-state index contributed by atoms with van der Waals surface area (Å²) in [6.07, 6.45) is 0. The van der Waals surface area contributed by atoms with E-state index in [1.54, 1.807) is 11.8 Å². The molecule has 0 amide bonds. The number of hydrogen-bond acceptors (Lipinski definition) is 3. The first-order valence-electron chi connectivity index (χ1n) is 4.40. The lowest BCUT2D eigenvalue weighted by molar-refractivity contribution is 0.167. The molecule has 1 rings (SSSR count). The maximum absolute atomic E-state index is 5.77. The maximum atomic E-state index is 5.77. The second-order valence-corrected chi connectivity index (χ2v) is 4.69. The molecular formula is C10H13ClOS2. The fourth-order valence-corrected chi connectivity index (χ4v) is 1.94. The van der Waals surface area contributed by atoms with Gasteiger partial charge in [0.05, 0.1) is 13.2 Å². The van der Waals surface area contributed by atoms with Crippen LogP contribution in [0.1, 0.15) is 0 Å². The molecule has 0 aliphatic carbocycles. The molecule has 4 heteroatoms. The fraction of sp³-hybridized carbons (Fsp3) is 0.400. The van der Waals surface area contributed by atoms with Crippen molar-refractivity contribution in [3.63, 3.8) is 0 Å². The van der Waals surface area contributed by atoms with Gasteiger partial charge in [0.1, 0.15) is 0 Å². The molecule has 0 bridgehead atoms. The SMILES string of the molecule is SCCOCCSc1ccc(Cl)cc1. The van der Waals surface area contributed by atoms with Crippen LogP contribution in [0.3, 0.4) is 0 Å². The molecule has 0 unspecified atom stereocenters. The van der Waals surface area contributed by atoms with E-state index in [1.165, 1.54) is 4.90 Å². The molecule has 0 atom stereocenters. The van der Waals surface area contributed by atoms with Crippen LogP contribution in [0.5, 0.6) is 0 Å². The van der Waals surface area contributed by atoms with Gasteiger partial charge in [-0.15, -0.1) is 11.8 Å². The molecule has 0 radical (unpaired) electrons. The summed E-state index contributed by atoms with van der Waals surface area (Å²) < 4.78 is 5.30. The first-order valence-corrected chi connectivity index (χ1v) is 6.39. The Kier molecular flexibility index (Phi) is 6.52. The van der Waals surface area contributed by atoms with Gasteiger partial charge in [0.25, 0.3) is 0 Å². The van der Waals surface area contributed by atoms with Gasteiger partial charge >= 0.3 is 0 Å². The third-order valence-electron chi connectivity index (χ3n) is 1.55. The highest BCUT2D eigenvalue weighted by atomic mass is 35.5. The molecule has 78 valence electrons. The van der Waals surface area contributed by atoms with Gasteiger partial charge in [-0.2, -0.15) is 12.6 Å². The number of ether oxygens (including phenoxy) is 1. The van der Waals surface area contributed by atoms with Crippen LogP contribution in [0.25, 0.3) is 0 Å². The van der Waals surface area contributed by atoms with E-state index in [9.17, 15) is 0 Å². The molecule has 1 nitrogen and oxygen atoms in total. The van der Waals surface area contributed by atoms with Crippen LogP contribution in [0.2, 0.25) is 5.02 Å². The molecule has 0 saturated carbocycles. The van der Waals surface area contributed by atoms with Gasteiger partial charge in [0.2, 0.25) is 0 Å². The molecule has 1 aromatic carbocycles. The van der Waals surface area contributed by atoms with Crippen LogP contribution in [0, 0.1) is 0 Å². The zero-order chi connectivity index (χ0) is 10.2. The van der Waals surface area contributed by atoms with Crippen molar-refractivity contribution >= 4 is 36.0 Å². The van der Waals surface area contributed by atoms with Crippen LogP contribution < -0.4 is 0 Å². The van der Waals surface area contributed by atoms with Gasteiger partial charge in [0, 0.05) is 21.4 Å². The van der Waals surface area contributed by atoms with Crippen molar-refractivity contribution in [2.75, 3.05) is 24.7 Å². The third-order valence-corrected chi connectivity index (χ3v) is 2.96. The highest BCUT2D eigenvalue weighted by Gasteiger charge is 1.94. The zero-order valence-corrected chi connectivity index (χ0v) is 10.2. The van der Waals surface area contributed by atoms with Gasteiger partial charge < -0.3 is 4.74 Å². The molecule has 0 saturated heterocycles. The lowest BCUT2D eigenvalue weighted by Crippen LogP contribution is -1.99. The van der Waals surface area contributed by atoms with Crippen LogP contribution >= 0.6 is 36.0 Å². The van der Waals surface area contributed by atoms with Crippen molar-refractivity contribution in [2.24, 2.45) is 0 Å². The van der Waals surface area contributed by atoms with Crippen molar-refractivity contribution < 1.29 is 4.74 Å². The first kappa shape index (κ1) is 12.2. The largest absolute Gasteiger partial charge is 0.380 e. The third kappa shape index (κ3) is 5.15. The normalized spacial score (nSPS) is 10.4. The van der Waals surface area contributed by atoms with Gasteiger partial charge in [-0.3, -0.25) is 0 Å². The molecular weight excluding hydrogens is 236 g/mol. The van der Waals surface area contributed by atoms with E-state index in [0.29, 0.717) is 0 Å². The van der Waals surface area contributed by atoms with Gasteiger partial charge in [-0.05, 0) is 24.3 Å². The average molecular weight is 249 g/mol. The summed E-state index contributed by atoms with van der Waals surface area (Å²) in [5, 5.41) is 0.778. The van der Waals surface area contributed by atoms with Crippen molar-refractivity contribution in [1.82, 2.24) is 0 Å². The molecule has 14 heavy (non-hydrogen) atoms. The molecule has 0 fully saturated rings. The van der Waals surface area contributed by atoms with Crippen LogP contribution in [0.4, 0.5) is 0 Å². The predicted molar refractivity (Wildman–Crippen MR) is 66.8 cm³/mol. The summed E-state index contributed by atoms with van der Waals surface area (Å²) in [7, 11) is 0. The summed E-state index contributed by atoms with van der Waals surface area (Å²) in [6, 6.07) is 7.84. The Morgan fingerprint density at radius 3 is 2.57 bits per heavy atom. The Balaban J connectivity index is 2.15. The minimum absolute atomic E-state index is 0.726. The summed E-state index contributed by atoms with van der Waals surface area (Å²) in [6.45, 7) is 1.50. The number of thioether (sulfide) groups is 1. The average Bonchev–Trinajstić information content (AvgIpc) is 2.21. The second kappa shape index (κ2) is 7.46. The van der Waals surface area contributed by atoms with Crippen molar-refractivity contribution in [2.45, 2.75) is 4.90 Å². The van der Waals surface area contributed by atoms with E-state index in [4.69, 9.17) is 16.3 Å². The van der Waals surface area contributed by atoms with E-state index in [2.05, 4.69) is 12.6 Å². The zero-order valence-electron chi connectivity index (χ0n) is 7.78. The number of rotatable bonds is 6. The topological polar surface area (TPSA) is 9.23 Å². The lowest BCUT2D eigenvalue weighted by Gasteiger charge is -2.02. The first-order chi connectivity index (χ1) is 6.83. The minimum Gasteiger partial charge on any atom is -0.380 e. The van der Waals surface area contributed by atoms with E-state index in [1.807, 2.05) is 24.3 Å². The molecule has 0 aromatic heterocycles. The maximum Gasteiger partial charge on any atom is 0.0560 e. The molecule has 0 N–H and O–H groups in total.